The fourth-order valence-electron chi connectivity index (χ4n) is 1.92. The van der Waals surface area contributed by atoms with Gasteiger partial charge in [-0.25, -0.2) is 0 Å². The first kappa shape index (κ1) is 11.9. The Bertz CT molecular complexity index is 294. The lowest BCUT2D eigenvalue weighted by Crippen LogP contribution is -2.40. The molecule has 0 atom stereocenters. The molecule has 0 aromatic heterocycles. The first-order valence-electron chi connectivity index (χ1n) is 5.35. The minimum atomic E-state index is -1.17. The van der Waals surface area contributed by atoms with Crippen molar-refractivity contribution >= 4 is 5.78 Å². The second kappa shape index (κ2) is 5.08. The molecule has 0 aromatic rings. The second-order valence-electron chi connectivity index (χ2n) is 4.04. The van der Waals surface area contributed by atoms with Crippen LogP contribution in [0.25, 0.3) is 0 Å². The van der Waals surface area contributed by atoms with E-state index in [4.69, 9.17) is 0 Å². The van der Waals surface area contributed by atoms with E-state index in [0.29, 0.717) is 18.4 Å². The fraction of sp³-hybridized carbons (Fsp3) is 0.462. The van der Waals surface area contributed by atoms with Crippen molar-refractivity contribution in [1.82, 2.24) is 0 Å². The number of rotatable bonds is 4. The highest BCUT2D eigenvalue weighted by Gasteiger charge is 2.37. The van der Waals surface area contributed by atoms with E-state index in [1.807, 2.05) is 0 Å². The summed E-state index contributed by atoms with van der Waals surface area (Å²) in [6, 6.07) is 0. The third kappa shape index (κ3) is 2.90. The highest BCUT2D eigenvalue weighted by atomic mass is 16.3. The normalized spacial score (nSPS) is 20.1. The van der Waals surface area contributed by atoms with Crippen LogP contribution in [0.15, 0.2) is 37.0 Å². The lowest BCUT2D eigenvalue weighted by molar-refractivity contribution is -0.136. The molecule has 1 rings (SSSR count). The second-order valence-corrected chi connectivity index (χ2v) is 4.04. The van der Waals surface area contributed by atoms with E-state index in [1.54, 1.807) is 18.2 Å². The summed E-state index contributed by atoms with van der Waals surface area (Å²) >= 11 is 0. The standard InChI is InChI=1S/C13H18O2/c1-3-4-8-11(2)12(14)13(15)9-6-5-7-10-13/h3-4,8,15H,1-2,5-7,9-10H2/b8-4-. The fourth-order valence-corrected chi connectivity index (χ4v) is 1.92. The van der Waals surface area contributed by atoms with E-state index >= 15 is 0 Å². The number of Topliss-reactive ketones (excluding diaryl/α,β-unsaturated/α-hetero) is 1. The van der Waals surface area contributed by atoms with Gasteiger partial charge in [0.15, 0.2) is 5.78 Å². The third-order valence-corrected chi connectivity index (χ3v) is 2.83. The van der Waals surface area contributed by atoms with Crippen LogP contribution in [0.2, 0.25) is 0 Å². The number of ketones is 1. The van der Waals surface area contributed by atoms with Crippen LogP contribution < -0.4 is 0 Å². The maximum Gasteiger partial charge on any atom is 0.193 e. The van der Waals surface area contributed by atoms with Crippen LogP contribution in [-0.2, 0) is 4.79 Å². The number of aliphatic hydroxyl groups is 1. The Hall–Kier alpha value is -1.15. The number of carbonyl (C=O) groups excluding carboxylic acids is 1. The van der Waals surface area contributed by atoms with Crippen LogP contribution in [0.4, 0.5) is 0 Å². The zero-order valence-corrected chi connectivity index (χ0v) is 9.04. The summed E-state index contributed by atoms with van der Waals surface area (Å²) < 4.78 is 0. The van der Waals surface area contributed by atoms with Crippen molar-refractivity contribution in [3.05, 3.63) is 37.0 Å². The van der Waals surface area contributed by atoms with Crippen LogP contribution in [-0.4, -0.2) is 16.5 Å². The van der Waals surface area contributed by atoms with Crippen LogP contribution in [0, 0.1) is 0 Å². The molecule has 0 aromatic carbocycles. The zero-order valence-electron chi connectivity index (χ0n) is 9.04. The van der Waals surface area contributed by atoms with Gasteiger partial charge in [-0.15, -0.1) is 0 Å². The van der Waals surface area contributed by atoms with Gasteiger partial charge < -0.3 is 5.11 Å². The molecule has 1 aliphatic carbocycles. The summed E-state index contributed by atoms with van der Waals surface area (Å²) in [6.45, 7) is 7.19. The summed E-state index contributed by atoms with van der Waals surface area (Å²) in [4.78, 5) is 11.9. The molecule has 0 heterocycles. The van der Waals surface area contributed by atoms with Crippen molar-refractivity contribution in [2.75, 3.05) is 0 Å². The van der Waals surface area contributed by atoms with Gasteiger partial charge in [0.05, 0.1) is 0 Å². The van der Waals surface area contributed by atoms with Gasteiger partial charge >= 0.3 is 0 Å². The Balaban J connectivity index is 2.69. The van der Waals surface area contributed by atoms with Gasteiger partial charge in [-0.05, 0) is 12.8 Å². The quantitative estimate of drug-likeness (QED) is 0.567. The molecule has 0 spiro atoms. The van der Waals surface area contributed by atoms with Crippen molar-refractivity contribution in [2.24, 2.45) is 0 Å². The Morgan fingerprint density at radius 2 is 1.87 bits per heavy atom. The summed E-state index contributed by atoms with van der Waals surface area (Å²) in [7, 11) is 0. The lowest BCUT2D eigenvalue weighted by Gasteiger charge is -2.30. The number of hydrogen-bond donors (Lipinski definition) is 1. The molecular formula is C13H18O2. The average Bonchev–Trinajstić information content (AvgIpc) is 2.26. The number of allylic oxidation sites excluding steroid dienone is 3. The molecule has 2 heteroatoms. The molecule has 1 fully saturated rings. The van der Waals surface area contributed by atoms with E-state index in [1.165, 1.54) is 0 Å². The Labute approximate surface area is 91.0 Å². The first-order chi connectivity index (χ1) is 7.10. The molecule has 0 radical (unpaired) electrons. The summed E-state index contributed by atoms with van der Waals surface area (Å²) in [5, 5.41) is 10.1. The molecular weight excluding hydrogens is 188 g/mol. The molecule has 0 unspecified atom stereocenters. The molecule has 0 amide bonds. The molecule has 2 nitrogen and oxygen atoms in total. The predicted octanol–water partition coefficient (Wildman–Crippen LogP) is 2.55. The lowest BCUT2D eigenvalue weighted by atomic mass is 9.79. The van der Waals surface area contributed by atoms with Crippen molar-refractivity contribution in [3.8, 4) is 0 Å². The third-order valence-electron chi connectivity index (χ3n) is 2.83. The monoisotopic (exact) mass is 206 g/mol. The smallest absolute Gasteiger partial charge is 0.193 e. The first-order valence-corrected chi connectivity index (χ1v) is 5.35. The minimum Gasteiger partial charge on any atom is -0.382 e. The van der Waals surface area contributed by atoms with Crippen molar-refractivity contribution in [1.29, 1.82) is 0 Å². The van der Waals surface area contributed by atoms with E-state index in [2.05, 4.69) is 13.2 Å². The maximum atomic E-state index is 11.9. The van der Waals surface area contributed by atoms with Gasteiger partial charge in [-0.1, -0.05) is 50.6 Å². The van der Waals surface area contributed by atoms with E-state index in [-0.39, 0.29) is 5.78 Å². The van der Waals surface area contributed by atoms with Crippen LogP contribution in [0.3, 0.4) is 0 Å². The van der Waals surface area contributed by atoms with Gasteiger partial charge in [0, 0.05) is 5.57 Å². The number of carbonyl (C=O) groups is 1. The predicted molar refractivity (Wildman–Crippen MR) is 61.5 cm³/mol. The topological polar surface area (TPSA) is 37.3 Å². The molecule has 1 aliphatic rings. The van der Waals surface area contributed by atoms with Gasteiger partial charge in [-0.2, -0.15) is 0 Å². The summed E-state index contributed by atoms with van der Waals surface area (Å²) in [5.41, 5.74) is -0.805. The Kier molecular flexibility index (Phi) is 4.04. The van der Waals surface area contributed by atoms with Crippen LogP contribution >= 0.6 is 0 Å². The van der Waals surface area contributed by atoms with Gasteiger partial charge in [0.2, 0.25) is 0 Å². The zero-order chi connectivity index (χ0) is 11.3. The SMILES string of the molecule is C=C/C=C\C(=C)C(=O)C1(O)CCCCC1. The minimum absolute atomic E-state index is 0.236. The van der Waals surface area contributed by atoms with E-state index in [0.717, 1.165) is 19.3 Å². The van der Waals surface area contributed by atoms with Gasteiger partial charge in [-0.3, -0.25) is 4.79 Å². The van der Waals surface area contributed by atoms with Crippen molar-refractivity contribution < 1.29 is 9.90 Å². The highest BCUT2D eigenvalue weighted by Crippen LogP contribution is 2.30. The molecule has 15 heavy (non-hydrogen) atoms. The van der Waals surface area contributed by atoms with Crippen LogP contribution in [0.5, 0.6) is 0 Å². The maximum absolute atomic E-state index is 11.9. The molecule has 0 aliphatic heterocycles. The summed E-state index contributed by atoms with van der Waals surface area (Å²) in [5.74, 6) is -0.236. The Morgan fingerprint density at radius 1 is 1.27 bits per heavy atom. The highest BCUT2D eigenvalue weighted by molar-refractivity contribution is 6.03. The molecule has 0 bridgehead atoms. The summed E-state index contributed by atoms with van der Waals surface area (Å²) in [6.07, 6.45) is 8.91. The molecule has 1 saturated carbocycles. The van der Waals surface area contributed by atoms with E-state index in [9.17, 15) is 9.90 Å². The largest absolute Gasteiger partial charge is 0.382 e. The van der Waals surface area contributed by atoms with Crippen LogP contribution in [0.1, 0.15) is 32.1 Å². The van der Waals surface area contributed by atoms with Gasteiger partial charge in [0.25, 0.3) is 0 Å². The van der Waals surface area contributed by atoms with Crippen molar-refractivity contribution in [2.45, 2.75) is 37.7 Å². The molecule has 0 saturated heterocycles. The van der Waals surface area contributed by atoms with Crippen molar-refractivity contribution in [3.63, 3.8) is 0 Å². The molecule has 1 N–H and O–H groups in total. The average molecular weight is 206 g/mol. The Morgan fingerprint density at radius 3 is 2.40 bits per heavy atom. The van der Waals surface area contributed by atoms with Gasteiger partial charge in [0.1, 0.15) is 5.60 Å². The molecule has 82 valence electrons. The van der Waals surface area contributed by atoms with E-state index < -0.39 is 5.60 Å². The number of hydrogen-bond acceptors (Lipinski definition) is 2.